The fourth-order valence-electron chi connectivity index (χ4n) is 1.86. The summed E-state index contributed by atoms with van der Waals surface area (Å²) < 4.78 is 24.9. The van der Waals surface area contributed by atoms with Crippen LogP contribution in [0.5, 0.6) is 0 Å². The van der Waals surface area contributed by atoms with E-state index in [1.165, 1.54) is 24.7 Å². The number of hydrogen-bond acceptors (Lipinski definition) is 5. The van der Waals surface area contributed by atoms with Gasteiger partial charge in [0.05, 0.1) is 5.75 Å². The molecule has 0 radical (unpaired) electrons. The van der Waals surface area contributed by atoms with Gasteiger partial charge in [-0.3, -0.25) is 0 Å². The summed E-state index contributed by atoms with van der Waals surface area (Å²) in [4.78, 5) is 8.12. The molecule has 0 aliphatic heterocycles. The predicted molar refractivity (Wildman–Crippen MR) is 86.8 cm³/mol. The van der Waals surface area contributed by atoms with Crippen LogP contribution in [0.2, 0.25) is 0 Å². The second-order valence-corrected chi connectivity index (χ2v) is 7.45. The summed E-state index contributed by atoms with van der Waals surface area (Å²) in [7, 11) is -0.146. The van der Waals surface area contributed by atoms with Gasteiger partial charge in [-0.25, -0.2) is 22.7 Å². The summed E-state index contributed by atoms with van der Waals surface area (Å²) in [6.45, 7) is 2.57. The molecule has 2 rings (SSSR count). The number of aromatic nitrogens is 2. The van der Waals surface area contributed by atoms with E-state index >= 15 is 0 Å². The molecule has 7 heteroatoms. The monoisotopic (exact) mass is 320 g/mol. The van der Waals surface area contributed by atoms with Gasteiger partial charge in [0.1, 0.15) is 12.1 Å². The van der Waals surface area contributed by atoms with E-state index < -0.39 is 10.0 Å². The van der Waals surface area contributed by atoms with Gasteiger partial charge in [-0.1, -0.05) is 24.3 Å². The Kier molecular flexibility index (Phi) is 5.10. The van der Waals surface area contributed by atoms with Crippen LogP contribution in [0.4, 0.5) is 5.82 Å². The number of sulfonamides is 1. The van der Waals surface area contributed by atoms with Crippen molar-refractivity contribution in [1.82, 2.24) is 14.3 Å². The second-order valence-electron chi connectivity index (χ2n) is 5.26. The van der Waals surface area contributed by atoms with Crippen LogP contribution >= 0.6 is 0 Å². The SMILES string of the molecule is Cc1cncnc1NCc1ccc(CS(=O)(=O)N(C)C)cc1. The number of nitrogens with zero attached hydrogens (tertiary/aromatic N) is 3. The lowest BCUT2D eigenvalue weighted by molar-refractivity contribution is 0.519. The van der Waals surface area contributed by atoms with Crippen LogP contribution in [0, 0.1) is 6.92 Å². The molecule has 2 aromatic rings. The van der Waals surface area contributed by atoms with Gasteiger partial charge in [0.15, 0.2) is 0 Å². The van der Waals surface area contributed by atoms with E-state index in [1.54, 1.807) is 6.20 Å². The highest BCUT2D eigenvalue weighted by atomic mass is 32.2. The minimum absolute atomic E-state index is 0.0126. The molecule has 0 unspecified atom stereocenters. The molecule has 0 bridgehead atoms. The van der Waals surface area contributed by atoms with Crippen molar-refractivity contribution in [2.45, 2.75) is 19.2 Å². The molecular formula is C15H20N4O2S. The number of rotatable bonds is 6. The molecule has 0 atom stereocenters. The standard InChI is InChI=1S/C15H20N4O2S/c1-12-8-16-11-18-15(12)17-9-13-4-6-14(7-5-13)10-22(20,21)19(2)3/h4-8,11H,9-10H2,1-3H3,(H,16,17,18). The zero-order valence-corrected chi connectivity index (χ0v) is 13.8. The molecule has 1 aromatic carbocycles. The molecule has 0 fully saturated rings. The van der Waals surface area contributed by atoms with Crippen molar-refractivity contribution in [3.63, 3.8) is 0 Å². The van der Waals surface area contributed by atoms with Crippen molar-refractivity contribution in [3.05, 3.63) is 53.5 Å². The maximum atomic E-state index is 11.8. The first kappa shape index (κ1) is 16.4. The molecule has 0 amide bonds. The smallest absolute Gasteiger partial charge is 0.217 e. The Labute approximate surface area is 131 Å². The molecule has 1 aromatic heterocycles. The van der Waals surface area contributed by atoms with Crippen molar-refractivity contribution in [1.29, 1.82) is 0 Å². The Balaban J connectivity index is 1.99. The predicted octanol–water partition coefficient (Wildman–Crippen LogP) is 1.79. The molecule has 0 saturated heterocycles. The Morgan fingerprint density at radius 3 is 2.36 bits per heavy atom. The van der Waals surface area contributed by atoms with Crippen LogP contribution in [-0.2, 0) is 22.3 Å². The molecular weight excluding hydrogens is 300 g/mol. The molecule has 1 heterocycles. The lowest BCUT2D eigenvalue weighted by Crippen LogP contribution is -2.23. The van der Waals surface area contributed by atoms with E-state index in [1.807, 2.05) is 31.2 Å². The van der Waals surface area contributed by atoms with Crippen molar-refractivity contribution < 1.29 is 8.42 Å². The average molecular weight is 320 g/mol. The van der Waals surface area contributed by atoms with Gasteiger partial charge in [-0.05, 0) is 18.1 Å². The van der Waals surface area contributed by atoms with E-state index in [0.29, 0.717) is 6.54 Å². The molecule has 6 nitrogen and oxygen atoms in total. The topological polar surface area (TPSA) is 75.2 Å². The van der Waals surface area contributed by atoms with Gasteiger partial charge >= 0.3 is 0 Å². The first-order valence-electron chi connectivity index (χ1n) is 6.87. The van der Waals surface area contributed by atoms with Crippen molar-refractivity contribution in [2.75, 3.05) is 19.4 Å². The number of nitrogens with one attached hydrogen (secondary N) is 1. The summed E-state index contributed by atoms with van der Waals surface area (Å²) in [6, 6.07) is 7.52. The van der Waals surface area contributed by atoms with Crippen molar-refractivity contribution >= 4 is 15.8 Å². The number of hydrogen-bond donors (Lipinski definition) is 1. The fourth-order valence-corrected chi connectivity index (χ4v) is 2.73. The third-order valence-corrected chi connectivity index (χ3v) is 5.09. The van der Waals surface area contributed by atoms with Crippen LogP contribution < -0.4 is 5.32 Å². The summed E-state index contributed by atoms with van der Waals surface area (Å²) in [5.74, 6) is 0.813. The molecule has 22 heavy (non-hydrogen) atoms. The van der Waals surface area contributed by atoms with Gasteiger partial charge in [-0.2, -0.15) is 0 Å². The molecule has 118 valence electrons. The summed E-state index contributed by atoms with van der Waals surface area (Å²) in [6.07, 6.45) is 3.26. The van der Waals surface area contributed by atoms with Gasteiger partial charge in [0, 0.05) is 32.4 Å². The number of anilines is 1. The molecule has 1 N–H and O–H groups in total. The Hall–Kier alpha value is -1.99. The highest BCUT2D eigenvalue weighted by Gasteiger charge is 2.14. The Morgan fingerprint density at radius 2 is 1.77 bits per heavy atom. The summed E-state index contributed by atoms with van der Waals surface area (Å²) in [5, 5.41) is 3.24. The van der Waals surface area contributed by atoms with E-state index in [0.717, 1.165) is 22.5 Å². The lowest BCUT2D eigenvalue weighted by Gasteiger charge is -2.12. The second kappa shape index (κ2) is 6.85. The van der Waals surface area contributed by atoms with Gasteiger partial charge in [-0.15, -0.1) is 0 Å². The Bertz CT molecular complexity index is 727. The third-order valence-electron chi connectivity index (χ3n) is 3.28. The van der Waals surface area contributed by atoms with Crippen LogP contribution in [-0.4, -0.2) is 36.8 Å². The van der Waals surface area contributed by atoms with Gasteiger partial charge in [0.25, 0.3) is 0 Å². The van der Waals surface area contributed by atoms with Crippen LogP contribution in [0.15, 0.2) is 36.8 Å². The minimum atomic E-state index is -3.22. The van der Waals surface area contributed by atoms with Crippen LogP contribution in [0.3, 0.4) is 0 Å². The molecule has 0 aliphatic rings. The normalized spacial score (nSPS) is 11.6. The maximum absolute atomic E-state index is 11.8. The largest absolute Gasteiger partial charge is 0.366 e. The van der Waals surface area contributed by atoms with E-state index in [2.05, 4.69) is 15.3 Å². The van der Waals surface area contributed by atoms with E-state index in [4.69, 9.17) is 0 Å². The zero-order valence-electron chi connectivity index (χ0n) is 12.9. The Morgan fingerprint density at radius 1 is 1.14 bits per heavy atom. The molecule has 0 aliphatic carbocycles. The lowest BCUT2D eigenvalue weighted by atomic mass is 10.1. The third kappa shape index (κ3) is 4.25. The van der Waals surface area contributed by atoms with E-state index in [9.17, 15) is 8.42 Å². The van der Waals surface area contributed by atoms with Crippen LogP contribution in [0.25, 0.3) is 0 Å². The molecule has 0 spiro atoms. The maximum Gasteiger partial charge on any atom is 0.217 e. The molecule has 0 saturated carbocycles. The van der Waals surface area contributed by atoms with Crippen molar-refractivity contribution in [2.24, 2.45) is 0 Å². The fraction of sp³-hybridized carbons (Fsp3) is 0.333. The number of aryl methyl sites for hydroxylation is 1. The highest BCUT2D eigenvalue weighted by Crippen LogP contribution is 2.13. The van der Waals surface area contributed by atoms with Gasteiger partial charge < -0.3 is 5.32 Å². The summed E-state index contributed by atoms with van der Waals surface area (Å²) in [5.41, 5.74) is 2.82. The summed E-state index contributed by atoms with van der Waals surface area (Å²) >= 11 is 0. The van der Waals surface area contributed by atoms with Gasteiger partial charge in [0.2, 0.25) is 10.0 Å². The minimum Gasteiger partial charge on any atom is -0.366 e. The van der Waals surface area contributed by atoms with Crippen LogP contribution in [0.1, 0.15) is 16.7 Å². The average Bonchev–Trinajstić information content (AvgIpc) is 2.47. The van der Waals surface area contributed by atoms with Crippen molar-refractivity contribution in [3.8, 4) is 0 Å². The highest BCUT2D eigenvalue weighted by molar-refractivity contribution is 7.88. The quantitative estimate of drug-likeness (QED) is 0.878. The zero-order chi connectivity index (χ0) is 16.2. The number of benzene rings is 1. The first-order chi connectivity index (χ1) is 10.4. The first-order valence-corrected chi connectivity index (χ1v) is 8.48. The van der Waals surface area contributed by atoms with E-state index in [-0.39, 0.29) is 5.75 Å².